The first kappa shape index (κ1) is 17.5. The molecule has 8 heteroatoms. The molecule has 3 fully saturated rings. The average Bonchev–Trinajstić information content (AvgIpc) is 3.37. The van der Waals surface area contributed by atoms with Gasteiger partial charge in [-0.25, -0.2) is 0 Å². The van der Waals surface area contributed by atoms with Crippen molar-refractivity contribution in [2.24, 2.45) is 11.8 Å². The topological polar surface area (TPSA) is 105 Å². The molecule has 2 amide bonds. The van der Waals surface area contributed by atoms with Crippen molar-refractivity contribution in [2.45, 2.75) is 56.8 Å². The lowest BCUT2D eigenvalue weighted by atomic mass is 9.79. The lowest BCUT2D eigenvalue weighted by Gasteiger charge is -2.23. The summed E-state index contributed by atoms with van der Waals surface area (Å²) in [4.78, 5) is 36.8. The van der Waals surface area contributed by atoms with Gasteiger partial charge in [0, 0.05) is 6.04 Å². The number of thiophene rings is 1. The van der Waals surface area contributed by atoms with Gasteiger partial charge in [0.15, 0.2) is 0 Å². The van der Waals surface area contributed by atoms with Crippen molar-refractivity contribution < 1.29 is 24.2 Å². The van der Waals surface area contributed by atoms with E-state index in [0.717, 1.165) is 25.7 Å². The third-order valence-electron chi connectivity index (χ3n) is 5.70. The first-order valence-corrected chi connectivity index (χ1v) is 10.00. The molecule has 1 aliphatic carbocycles. The van der Waals surface area contributed by atoms with Crippen LogP contribution in [0.15, 0.2) is 11.4 Å². The van der Waals surface area contributed by atoms with Crippen LogP contribution in [-0.2, 0) is 14.3 Å². The number of carboxylic acid groups (broad SMARTS) is 1. The van der Waals surface area contributed by atoms with E-state index in [4.69, 9.17) is 4.74 Å². The highest BCUT2D eigenvalue weighted by Crippen LogP contribution is 2.44. The third-order valence-corrected chi connectivity index (χ3v) is 6.53. The molecule has 4 rings (SSSR count). The van der Waals surface area contributed by atoms with E-state index in [1.807, 2.05) is 0 Å². The summed E-state index contributed by atoms with van der Waals surface area (Å²) in [6, 6.07) is 1.89. The van der Waals surface area contributed by atoms with E-state index in [1.165, 1.54) is 11.3 Å². The summed E-state index contributed by atoms with van der Waals surface area (Å²) in [6.45, 7) is 0. The molecule has 0 aromatic carbocycles. The number of carboxylic acids is 1. The van der Waals surface area contributed by atoms with Crippen LogP contribution in [0.4, 0.5) is 5.00 Å². The molecular formula is C18H22N2O5S. The fourth-order valence-corrected chi connectivity index (χ4v) is 5.23. The van der Waals surface area contributed by atoms with Gasteiger partial charge in [0.25, 0.3) is 5.91 Å². The van der Waals surface area contributed by atoms with Crippen LogP contribution in [0, 0.1) is 11.8 Å². The number of ether oxygens (including phenoxy) is 1. The highest BCUT2D eigenvalue weighted by atomic mass is 32.1. The summed E-state index contributed by atoms with van der Waals surface area (Å²) in [7, 11) is 0. The Hall–Kier alpha value is -1.93. The number of carbonyl (C=O) groups is 3. The first-order chi connectivity index (χ1) is 12.5. The monoisotopic (exact) mass is 378 g/mol. The quantitative estimate of drug-likeness (QED) is 0.729. The van der Waals surface area contributed by atoms with Gasteiger partial charge in [0.1, 0.15) is 5.00 Å². The van der Waals surface area contributed by atoms with Crippen LogP contribution in [0.3, 0.4) is 0 Å². The van der Waals surface area contributed by atoms with E-state index in [1.54, 1.807) is 11.4 Å². The zero-order chi connectivity index (χ0) is 18.3. The van der Waals surface area contributed by atoms with Crippen LogP contribution in [-0.4, -0.2) is 41.1 Å². The van der Waals surface area contributed by atoms with Gasteiger partial charge in [-0.15, -0.1) is 11.3 Å². The maximum Gasteiger partial charge on any atom is 0.310 e. The van der Waals surface area contributed by atoms with Gasteiger partial charge in [0.05, 0.1) is 29.6 Å². The SMILES string of the molecule is O=C(NC1CCCC1)c1ccsc1NC(=O)[C@@H]1[C@@H](C(=O)O)[C@@H]2CC[C@H]1O2. The fourth-order valence-electron chi connectivity index (χ4n) is 4.44. The molecule has 2 aliphatic heterocycles. The van der Waals surface area contributed by atoms with Crippen molar-refractivity contribution in [1.82, 2.24) is 5.32 Å². The number of hydrogen-bond acceptors (Lipinski definition) is 5. The van der Waals surface area contributed by atoms with Crippen molar-refractivity contribution in [3.63, 3.8) is 0 Å². The highest BCUT2D eigenvalue weighted by molar-refractivity contribution is 7.14. The number of amides is 2. The molecule has 3 aliphatic rings. The van der Waals surface area contributed by atoms with Crippen LogP contribution in [0.1, 0.15) is 48.9 Å². The third kappa shape index (κ3) is 3.12. The molecule has 4 atom stereocenters. The van der Waals surface area contributed by atoms with Gasteiger partial charge in [-0.3, -0.25) is 14.4 Å². The molecular weight excluding hydrogens is 356 g/mol. The Bertz CT molecular complexity index is 727. The second kappa shape index (κ2) is 7.00. The molecule has 140 valence electrons. The van der Waals surface area contributed by atoms with E-state index in [9.17, 15) is 19.5 Å². The number of nitrogens with one attached hydrogen (secondary N) is 2. The molecule has 1 aromatic heterocycles. The minimum atomic E-state index is -0.997. The number of hydrogen-bond donors (Lipinski definition) is 3. The number of aliphatic carboxylic acids is 1. The Morgan fingerprint density at radius 2 is 1.77 bits per heavy atom. The normalized spacial score (nSPS) is 30.5. The minimum absolute atomic E-state index is 0.188. The molecule has 0 radical (unpaired) electrons. The molecule has 1 aromatic rings. The summed E-state index contributed by atoms with van der Waals surface area (Å²) in [5.41, 5.74) is 0.436. The fraction of sp³-hybridized carbons (Fsp3) is 0.611. The molecule has 0 unspecified atom stereocenters. The molecule has 1 saturated carbocycles. The maximum atomic E-state index is 12.8. The van der Waals surface area contributed by atoms with E-state index in [-0.39, 0.29) is 30.1 Å². The van der Waals surface area contributed by atoms with Gasteiger partial charge >= 0.3 is 5.97 Å². The van der Waals surface area contributed by atoms with E-state index in [2.05, 4.69) is 10.6 Å². The standard InChI is InChI=1S/C18H22N2O5S/c21-15(19-9-3-1-2-4-9)10-7-8-26-17(10)20-16(22)13-11-5-6-12(25-11)14(13)18(23)24/h7-9,11-14H,1-6H2,(H,19,21)(H,20,22)(H,23,24)/t11-,12+,13+,14+/m1/s1. The van der Waals surface area contributed by atoms with E-state index < -0.39 is 17.8 Å². The number of fused-ring (bicyclic) bond motifs is 2. The summed E-state index contributed by atoms with van der Waals surface area (Å²) in [5.74, 6) is -3.08. The van der Waals surface area contributed by atoms with Crippen LogP contribution >= 0.6 is 11.3 Å². The Balaban J connectivity index is 1.46. The van der Waals surface area contributed by atoms with Crippen molar-refractivity contribution in [2.75, 3.05) is 5.32 Å². The second-order valence-corrected chi connectivity index (χ2v) is 8.20. The zero-order valence-corrected chi connectivity index (χ0v) is 15.1. The number of rotatable bonds is 5. The molecule has 3 N–H and O–H groups in total. The largest absolute Gasteiger partial charge is 0.481 e. The van der Waals surface area contributed by atoms with Crippen LogP contribution in [0.2, 0.25) is 0 Å². The Labute approximate surface area is 155 Å². The molecule has 2 saturated heterocycles. The number of anilines is 1. The molecule has 2 bridgehead atoms. The predicted octanol–water partition coefficient (Wildman–Crippen LogP) is 2.24. The smallest absolute Gasteiger partial charge is 0.310 e. The summed E-state index contributed by atoms with van der Waals surface area (Å²) < 4.78 is 5.65. The average molecular weight is 378 g/mol. The number of carbonyl (C=O) groups excluding carboxylic acids is 2. The van der Waals surface area contributed by atoms with Crippen molar-refractivity contribution in [3.05, 3.63) is 17.0 Å². The van der Waals surface area contributed by atoms with E-state index >= 15 is 0 Å². The predicted molar refractivity (Wildman–Crippen MR) is 95.2 cm³/mol. The van der Waals surface area contributed by atoms with Crippen molar-refractivity contribution >= 4 is 34.1 Å². The highest BCUT2D eigenvalue weighted by Gasteiger charge is 2.55. The Morgan fingerprint density at radius 1 is 1.08 bits per heavy atom. The Kier molecular flexibility index (Phi) is 4.71. The van der Waals surface area contributed by atoms with Gasteiger partial charge in [-0.05, 0) is 37.1 Å². The summed E-state index contributed by atoms with van der Waals surface area (Å²) in [5, 5.41) is 17.5. The lowest BCUT2D eigenvalue weighted by molar-refractivity contribution is -0.147. The van der Waals surface area contributed by atoms with Crippen molar-refractivity contribution in [3.8, 4) is 0 Å². The molecule has 7 nitrogen and oxygen atoms in total. The molecule has 0 spiro atoms. The van der Waals surface area contributed by atoms with Crippen LogP contribution in [0.5, 0.6) is 0 Å². The van der Waals surface area contributed by atoms with Gasteiger partial charge in [-0.2, -0.15) is 0 Å². The van der Waals surface area contributed by atoms with Gasteiger partial charge in [-0.1, -0.05) is 12.8 Å². The maximum absolute atomic E-state index is 12.8. The Morgan fingerprint density at radius 3 is 2.46 bits per heavy atom. The zero-order valence-electron chi connectivity index (χ0n) is 14.3. The lowest BCUT2D eigenvalue weighted by Crippen LogP contribution is -2.41. The van der Waals surface area contributed by atoms with E-state index in [0.29, 0.717) is 23.4 Å². The van der Waals surface area contributed by atoms with Crippen LogP contribution < -0.4 is 10.6 Å². The van der Waals surface area contributed by atoms with Crippen LogP contribution in [0.25, 0.3) is 0 Å². The minimum Gasteiger partial charge on any atom is -0.481 e. The summed E-state index contributed by atoms with van der Waals surface area (Å²) in [6.07, 6.45) is 4.86. The molecule has 26 heavy (non-hydrogen) atoms. The molecule has 3 heterocycles. The van der Waals surface area contributed by atoms with Crippen molar-refractivity contribution in [1.29, 1.82) is 0 Å². The summed E-state index contributed by atoms with van der Waals surface area (Å²) >= 11 is 1.27. The second-order valence-electron chi connectivity index (χ2n) is 7.29. The first-order valence-electron chi connectivity index (χ1n) is 9.12. The van der Waals surface area contributed by atoms with Gasteiger partial charge < -0.3 is 20.5 Å². The van der Waals surface area contributed by atoms with Gasteiger partial charge in [0.2, 0.25) is 5.91 Å².